The quantitative estimate of drug-likeness (QED) is 0.695. The Morgan fingerprint density at radius 3 is 2.89 bits per heavy atom. The molecule has 6 heteroatoms. The van der Waals surface area contributed by atoms with Crippen LogP contribution < -0.4 is 15.4 Å². The van der Waals surface area contributed by atoms with Crippen molar-refractivity contribution in [1.82, 2.24) is 4.98 Å². The first-order chi connectivity index (χ1) is 9.19. The van der Waals surface area contributed by atoms with Crippen molar-refractivity contribution in [1.29, 1.82) is 0 Å². The van der Waals surface area contributed by atoms with Crippen molar-refractivity contribution in [3.8, 4) is 5.75 Å². The van der Waals surface area contributed by atoms with Crippen LogP contribution in [0.25, 0.3) is 0 Å². The van der Waals surface area contributed by atoms with E-state index in [1.165, 1.54) is 0 Å². The second-order valence-corrected chi connectivity index (χ2v) is 4.48. The molecule has 5 nitrogen and oxygen atoms in total. The molecule has 0 saturated heterocycles. The first-order valence-corrected chi connectivity index (χ1v) is 6.69. The summed E-state index contributed by atoms with van der Waals surface area (Å²) in [6, 6.07) is 3.77. The third kappa shape index (κ3) is 5.40. The lowest BCUT2D eigenvalue weighted by atomic mass is 10.3. The van der Waals surface area contributed by atoms with Crippen LogP contribution in [0.2, 0.25) is 0 Å². The predicted molar refractivity (Wildman–Crippen MR) is 80.9 cm³/mol. The van der Waals surface area contributed by atoms with E-state index >= 15 is 0 Å². The number of hydrogen-bond donors (Lipinski definition) is 1. The maximum absolute atomic E-state index is 5.60. The first kappa shape index (κ1) is 15.7. The highest BCUT2D eigenvalue weighted by Crippen LogP contribution is 2.25. The Bertz CT molecular complexity index is 401. The molecule has 0 fully saturated rings. The normalized spacial score (nSPS) is 10.2. The number of rotatable bonds is 9. The van der Waals surface area contributed by atoms with Crippen LogP contribution in [0.15, 0.2) is 18.3 Å². The van der Waals surface area contributed by atoms with Crippen molar-refractivity contribution >= 4 is 23.0 Å². The van der Waals surface area contributed by atoms with Gasteiger partial charge in [0.05, 0.1) is 18.2 Å². The minimum atomic E-state index is 0.497. The first-order valence-electron chi connectivity index (χ1n) is 6.29. The van der Waals surface area contributed by atoms with Gasteiger partial charge in [0.15, 0.2) is 11.6 Å². The van der Waals surface area contributed by atoms with Gasteiger partial charge in [-0.15, -0.1) is 0 Å². The van der Waals surface area contributed by atoms with Gasteiger partial charge in [0, 0.05) is 32.8 Å². The van der Waals surface area contributed by atoms with Crippen molar-refractivity contribution in [3.63, 3.8) is 0 Å². The summed E-state index contributed by atoms with van der Waals surface area (Å²) >= 11 is 4.93. The topological polar surface area (TPSA) is 60.6 Å². The lowest BCUT2D eigenvalue weighted by Crippen LogP contribution is -2.31. The van der Waals surface area contributed by atoms with Gasteiger partial charge in [0.25, 0.3) is 0 Å². The summed E-state index contributed by atoms with van der Waals surface area (Å²) in [6.07, 6.45) is 2.39. The van der Waals surface area contributed by atoms with Gasteiger partial charge < -0.3 is 20.1 Å². The van der Waals surface area contributed by atoms with Gasteiger partial charge >= 0.3 is 0 Å². The molecule has 2 N–H and O–H groups in total. The van der Waals surface area contributed by atoms with Gasteiger partial charge in [0.2, 0.25) is 0 Å². The zero-order chi connectivity index (χ0) is 14.1. The molecule has 106 valence electrons. The van der Waals surface area contributed by atoms with Crippen LogP contribution in [0.4, 0.5) is 5.82 Å². The molecule has 0 aliphatic heterocycles. The van der Waals surface area contributed by atoms with E-state index in [1.54, 1.807) is 13.3 Å². The average molecular weight is 283 g/mol. The fourth-order valence-corrected chi connectivity index (χ4v) is 1.75. The predicted octanol–water partition coefficient (Wildman–Crippen LogP) is 1.61. The van der Waals surface area contributed by atoms with Crippen molar-refractivity contribution in [2.45, 2.75) is 13.3 Å². The number of aromatic nitrogens is 1. The lowest BCUT2D eigenvalue weighted by Gasteiger charge is -2.25. The van der Waals surface area contributed by atoms with Gasteiger partial charge in [-0.2, -0.15) is 0 Å². The summed E-state index contributed by atoms with van der Waals surface area (Å²) in [6.45, 7) is 4.59. The molecule has 0 aliphatic rings. The summed E-state index contributed by atoms with van der Waals surface area (Å²) in [5.41, 5.74) is 5.57. The van der Waals surface area contributed by atoms with Gasteiger partial charge in [-0.3, -0.25) is 0 Å². The number of nitrogens with two attached hydrogens (primary N) is 1. The van der Waals surface area contributed by atoms with E-state index in [4.69, 9.17) is 27.4 Å². The Labute approximate surface area is 119 Å². The van der Waals surface area contributed by atoms with Gasteiger partial charge in [0.1, 0.15) is 0 Å². The van der Waals surface area contributed by atoms with E-state index in [0.29, 0.717) is 31.2 Å². The number of hydrogen-bond acceptors (Lipinski definition) is 5. The molecule has 19 heavy (non-hydrogen) atoms. The van der Waals surface area contributed by atoms with Crippen molar-refractivity contribution in [3.05, 3.63) is 18.3 Å². The van der Waals surface area contributed by atoms with Gasteiger partial charge in [-0.1, -0.05) is 12.2 Å². The molecular weight excluding hydrogens is 262 g/mol. The highest BCUT2D eigenvalue weighted by Gasteiger charge is 2.13. The highest BCUT2D eigenvalue weighted by atomic mass is 32.1. The van der Waals surface area contributed by atoms with E-state index in [-0.39, 0.29) is 0 Å². The van der Waals surface area contributed by atoms with E-state index in [0.717, 1.165) is 18.1 Å². The number of thiocarbonyl (C=S) groups is 1. The summed E-state index contributed by atoms with van der Waals surface area (Å²) in [5.74, 6) is 1.57. The molecule has 0 saturated carbocycles. The Hall–Kier alpha value is -1.40. The molecule has 1 heterocycles. The van der Waals surface area contributed by atoms with Crippen LogP contribution in [-0.2, 0) is 4.74 Å². The molecular formula is C13H21N3O2S. The SMILES string of the molecule is CCOc1cccnc1N(CCOC)CCC(N)=S. The summed E-state index contributed by atoms with van der Waals surface area (Å²) in [4.78, 5) is 6.96. The minimum absolute atomic E-state index is 0.497. The number of ether oxygens (including phenoxy) is 2. The molecule has 0 bridgehead atoms. The monoisotopic (exact) mass is 283 g/mol. The molecule has 0 aliphatic carbocycles. The smallest absolute Gasteiger partial charge is 0.171 e. The molecule has 1 aromatic rings. The zero-order valence-corrected chi connectivity index (χ0v) is 12.3. The lowest BCUT2D eigenvalue weighted by molar-refractivity contribution is 0.205. The zero-order valence-electron chi connectivity index (χ0n) is 11.5. The Morgan fingerprint density at radius 1 is 1.47 bits per heavy atom. The van der Waals surface area contributed by atoms with Crippen molar-refractivity contribution in [2.24, 2.45) is 5.73 Å². The number of anilines is 1. The maximum Gasteiger partial charge on any atom is 0.171 e. The third-order valence-corrected chi connectivity index (χ3v) is 2.75. The molecule has 0 amide bonds. The Morgan fingerprint density at radius 2 is 2.26 bits per heavy atom. The second kappa shape index (κ2) is 8.66. The molecule has 0 unspecified atom stereocenters. The van der Waals surface area contributed by atoms with Crippen LogP contribution >= 0.6 is 12.2 Å². The summed E-state index contributed by atoms with van der Waals surface area (Å²) in [5, 5.41) is 0. The van der Waals surface area contributed by atoms with Crippen LogP contribution in [0.5, 0.6) is 5.75 Å². The van der Waals surface area contributed by atoms with Crippen LogP contribution in [0.1, 0.15) is 13.3 Å². The third-order valence-electron chi connectivity index (χ3n) is 2.54. The molecule has 1 aromatic heterocycles. The Balaban J connectivity index is 2.85. The number of methoxy groups -OCH3 is 1. The largest absolute Gasteiger partial charge is 0.490 e. The summed E-state index contributed by atoms with van der Waals surface area (Å²) in [7, 11) is 1.67. The number of pyridine rings is 1. The number of nitrogens with zero attached hydrogens (tertiary/aromatic N) is 2. The maximum atomic E-state index is 5.60. The van der Waals surface area contributed by atoms with Crippen LogP contribution in [-0.4, -0.2) is 43.4 Å². The standard InChI is InChI=1S/C13H21N3O2S/c1-3-18-11-5-4-7-15-13(11)16(9-10-17-2)8-6-12(14)19/h4-5,7H,3,6,8-10H2,1-2H3,(H2,14,19). The highest BCUT2D eigenvalue weighted by molar-refractivity contribution is 7.80. The molecule has 0 spiro atoms. The van der Waals surface area contributed by atoms with Gasteiger partial charge in [-0.25, -0.2) is 4.98 Å². The molecule has 0 atom stereocenters. The molecule has 1 rings (SSSR count). The van der Waals surface area contributed by atoms with Crippen LogP contribution in [0.3, 0.4) is 0 Å². The average Bonchev–Trinajstić information content (AvgIpc) is 2.40. The fourth-order valence-electron chi connectivity index (χ4n) is 1.66. The van der Waals surface area contributed by atoms with Gasteiger partial charge in [-0.05, 0) is 19.1 Å². The van der Waals surface area contributed by atoms with E-state index in [2.05, 4.69) is 9.88 Å². The second-order valence-electron chi connectivity index (χ2n) is 3.95. The van der Waals surface area contributed by atoms with Crippen molar-refractivity contribution < 1.29 is 9.47 Å². The van der Waals surface area contributed by atoms with E-state index in [1.807, 2.05) is 19.1 Å². The molecule has 0 radical (unpaired) electrons. The Kier molecular flexibility index (Phi) is 7.14. The summed E-state index contributed by atoms with van der Waals surface area (Å²) < 4.78 is 10.7. The molecule has 0 aromatic carbocycles. The van der Waals surface area contributed by atoms with E-state index in [9.17, 15) is 0 Å². The fraction of sp³-hybridized carbons (Fsp3) is 0.538. The minimum Gasteiger partial charge on any atom is -0.490 e. The van der Waals surface area contributed by atoms with Crippen LogP contribution in [0, 0.1) is 0 Å². The van der Waals surface area contributed by atoms with E-state index < -0.39 is 0 Å². The van der Waals surface area contributed by atoms with Crippen molar-refractivity contribution in [2.75, 3.05) is 38.3 Å².